The van der Waals surface area contributed by atoms with Gasteiger partial charge in [0, 0.05) is 17.1 Å². The van der Waals surface area contributed by atoms with E-state index in [-0.39, 0.29) is 45.1 Å². The summed E-state index contributed by atoms with van der Waals surface area (Å²) in [4.78, 5) is 12.7. The van der Waals surface area contributed by atoms with E-state index in [1.54, 1.807) is 13.8 Å². The maximum Gasteiger partial charge on any atom is 0.340 e. The number of carbonyl (C=O) groups excluding carboxylic acids is 1. The van der Waals surface area contributed by atoms with Gasteiger partial charge in [-0.3, -0.25) is 4.72 Å². The summed E-state index contributed by atoms with van der Waals surface area (Å²) in [7, 11) is -6.05. The molecule has 29 heavy (non-hydrogen) atoms. The zero-order valence-electron chi connectivity index (χ0n) is 17.3. The van der Waals surface area contributed by atoms with Crippen molar-refractivity contribution in [2.45, 2.75) is 40.7 Å². The van der Waals surface area contributed by atoms with Gasteiger partial charge in [-0.2, -0.15) is 0 Å². The lowest BCUT2D eigenvalue weighted by atomic mass is 10.1. The van der Waals surface area contributed by atoms with Gasteiger partial charge in [-0.25, -0.2) is 25.6 Å². The highest BCUT2D eigenvalue weighted by Crippen LogP contribution is 2.37. The first-order chi connectivity index (χ1) is 13.4. The minimum absolute atomic E-state index is 0.0605. The number of methoxy groups -OCH3 is 1. The topological polar surface area (TPSA) is 121 Å². The van der Waals surface area contributed by atoms with E-state index in [9.17, 15) is 21.6 Å². The van der Waals surface area contributed by atoms with E-state index in [0.29, 0.717) is 0 Å². The smallest absolute Gasteiger partial charge is 0.340 e. The second kappa shape index (κ2) is 8.23. The van der Waals surface area contributed by atoms with Gasteiger partial charge in [-0.15, -0.1) is 0 Å². The fourth-order valence-corrected chi connectivity index (χ4v) is 4.78. The fraction of sp³-hybridized carbons (Fsp3) is 0.500. The second-order valence-electron chi connectivity index (χ2n) is 6.65. The molecule has 0 spiro atoms. The van der Waals surface area contributed by atoms with Crippen LogP contribution in [-0.4, -0.2) is 51.5 Å². The van der Waals surface area contributed by atoms with Gasteiger partial charge in [0.2, 0.25) is 20.0 Å². The standard InChI is InChI=1S/C18H26N2O7S2/c1-7-28(22,23)19-14-9-13-15(10-16(14)26-6)20(29(24,25)8-2)12(5)17(13)18(21)27-11(3)4/h9-11,19H,7-8H2,1-6H3. The van der Waals surface area contributed by atoms with E-state index in [4.69, 9.17) is 9.47 Å². The number of anilines is 1. The molecule has 1 heterocycles. The Morgan fingerprint density at radius 3 is 2.24 bits per heavy atom. The summed E-state index contributed by atoms with van der Waals surface area (Å²) in [6.45, 7) is 7.84. The molecule has 0 unspecified atom stereocenters. The lowest BCUT2D eigenvalue weighted by molar-refractivity contribution is 0.0379. The number of carbonyl (C=O) groups is 1. The number of rotatable bonds is 8. The number of hydrogen-bond donors (Lipinski definition) is 1. The van der Waals surface area contributed by atoms with Crippen molar-refractivity contribution in [3.05, 3.63) is 23.4 Å². The molecule has 11 heteroatoms. The van der Waals surface area contributed by atoms with Crippen LogP contribution in [0.2, 0.25) is 0 Å². The van der Waals surface area contributed by atoms with Crippen molar-refractivity contribution >= 4 is 42.6 Å². The highest BCUT2D eigenvalue weighted by atomic mass is 32.2. The Bertz CT molecular complexity index is 1150. The van der Waals surface area contributed by atoms with Crippen molar-refractivity contribution in [3.8, 4) is 5.75 Å². The number of nitrogens with zero attached hydrogens (tertiary/aromatic N) is 1. The maximum absolute atomic E-state index is 12.7. The van der Waals surface area contributed by atoms with Gasteiger partial charge in [-0.1, -0.05) is 0 Å². The zero-order chi connectivity index (χ0) is 22.1. The van der Waals surface area contributed by atoms with Gasteiger partial charge >= 0.3 is 5.97 Å². The summed E-state index contributed by atoms with van der Waals surface area (Å²) in [5.41, 5.74) is 0.554. The highest BCUT2D eigenvalue weighted by Gasteiger charge is 2.28. The van der Waals surface area contributed by atoms with Crippen LogP contribution >= 0.6 is 0 Å². The third kappa shape index (κ3) is 4.50. The highest BCUT2D eigenvalue weighted by molar-refractivity contribution is 7.92. The molecular weight excluding hydrogens is 420 g/mol. The molecule has 0 saturated carbocycles. The SMILES string of the molecule is CCS(=O)(=O)Nc1cc2c(C(=O)OC(C)C)c(C)n(S(=O)(=O)CC)c2cc1OC. The van der Waals surface area contributed by atoms with Crippen molar-refractivity contribution in [1.82, 2.24) is 3.97 Å². The number of sulfonamides is 1. The Morgan fingerprint density at radius 1 is 1.14 bits per heavy atom. The first kappa shape index (κ1) is 23.0. The van der Waals surface area contributed by atoms with E-state index < -0.39 is 32.1 Å². The monoisotopic (exact) mass is 446 g/mol. The maximum atomic E-state index is 12.7. The molecule has 0 bridgehead atoms. The number of aromatic nitrogens is 1. The average Bonchev–Trinajstić information content (AvgIpc) is 2.91. The first-order valence-electron chi connectivity index (χ1n) is 9.06. The van der Waals surface area contributed by atoms with E-state index in [1.165, 1.54) is 40.0 Å². The molecule has 9 nitrogen and oxygen atoms in total. The number of fused-ring (bicyclic) bond motifs is 1. The molecule has 1 aromatic carbocycles. The molecule has 2 aromatic rings. The Kier molecular flexibility index (Phi) is 6.53. The van der Waals surface area contributed by atoms with Crippen LogP contribution in [0.1, 0.15) is 43.7 Å². The minimum Gasteiger partial charge on any atom is -0.494 e. The third-order valence-electron chi connectivity index (χ3n) is 4.31. The lowest BCUT2D eigenvalue weighted by Gasteiger charge is -2.13. The van der Waals surface area contributed by atoms with Crippen molar-refractivity contribution in [3.63, 3.8) is 0 Å². The Labute approximate surface area is 171 Å². The molecule has 0 aliphatic heterocycles. The summed E-state index contributed by atoms with van der Waals surface area (Å²) in [6.07, 6.45) is -0.417. The van der Waals surface area contributed by atoms with Gasteiger partial charge in [0.25, 0.3) is 0 Å². The van der Waals surface area contributed by atoms with E-state index in [2.05, 4.69) is 4.72 Å². The van der Waals surface area contributed by atoms with Crippen molar-refractivity contribution in [2.24, 2.45) is 0 Å². The summed E-state index contributed by atoms with van der Waals surface area (Å²) in [5.74, 6) is -0.922. The number of esters is 1. The largest absolute Gasteiger partial charge is 0.494 e. The molecule has 1 aromatic heterocycles. The molecule has 0 fully saturated rings. The molecule has 1 N–H and O–H groups in total. The predicted octanol–water partition coefficient (Wildman–Crippen LogP) is 2.48. The Balaban J connectivity index is 2.94. The molecule has 2 rings (SSSR count). The van der Waals surface area contributed by atoms with Crippen LogP contribution in [0.25, 0.3) is 10.9 Å². The summed E-state index contributed by atoms with van der Waals surface area (Å²) < 4.78 is 63.6. The molecule has 0 aliphatic rings. The predicted molar refractivity (Wildman–Crippen MR) is 112 cm³/mol. The first-order valence-corrected chi connectivity index (χ1v) is 12.3. The Morgan fingerprint density at radius 2 is 1.76 bits per heavy atom. The van der Waals surface area contributed by atoms with Gasteiger partial charge in [-0.05, 0) is 40.7 Å². The summed E-state index contributed by atoms with van der Waals surface area (Å²) in [5, 5.41) is 0.250. The fourth-order valence-electron chi connectivity index (χ4n) is 2.92. The van der Waals surface area contributed by atoms with E-state index >= 15 is 0 Å². The number of nitrogens with one attached hydrogen (secondary N) is 1. The van der Waals surface area contributed by atoms with Crippen LogP contribution in [-0.2, 0) is 24.8 Å². The van der Waals surface area contributed by atoms with Crippen LogP contribution in [0.5, 0.6) is 5.75 Å². The molecule has 0 atom stereocenters. The molecule has 0 radical (unpaired) electrons. The van der Waals surface area contributed by atoms with Gasteiger partial charge in [0.1, 0.15) is 5.75 Å². The average molecular weight is 447 g/mol. The van der Waals surface area contributed by atoms with Crippen molar-refractivity contribution in [2.75, 3.05) is 23.3 Å². The van der Waals surface area contributed by atoms with Crippen LogP contribution in [0.3, 0.4) is 0 Å². The zero-order valence-corrected chi connectivity index (χ0v) is 18.9. The van der Waals surface area contributed by atoms with Gasteiger partial charge < -0.3 is 9.47 Å². The van der Waals surface area contributed by atoms with Crippen LogP contribution in [0.15, 0.2) is 12.1 Å². The van der Waals surface area contributed by atoms with E-state index in [1.807, 2.05) is 0 Å². The molecule has 162 valence electrons. The lowest BCUT2D eigenvalue weighted by Crippen LogP contribution is -2.18. The van der Waals surface area contributed by atoms with Gasteiger partial charge in [0.05, 0.1) is 41.5 Å². The van der Waals surface area contributed by atoms with Crippen LogP contribution in [0, 0.1) is 6.92 Å². The van der Waals surface area contributed by atoms with Crippen molar-refractivity contribution < 1.29 is 31.1 Å². The van der Waals surface area contributed by atoms with E-state index in [0.717, 1.165) is 3.97 Å². The second-order valence-corrected chi connectivity index (χ2v) is 10.8. The number of hydrogen-bond acceptors (Lipinski definition) is 7. The summed E-state index contributed by atoms with van der Waals surface area (Å²) >= 11 is 0. The number of benzene rings is 1. The Hall–Kier alpha value is -2.27. The molecule has 0 aliphatic carbocycles. The third-order valence-corrected chi connectivity index (χ3v) is 7.36. The van der Waals surface area contributed by atoms with Crippen LogP contribution in [0.4, 0.5) is 5.69 Å². The summed E-state index contributed by atoms with van der Waals surface area (Å²) in [6, 6.07) is 2.79. The molecule has 0 amide bonds. The normalized spacial score (nSPS) is 12.4. The van der Waals surface area contributed by atoms with Crippen LogP contribution < -0.4 is 9.46 Å². The molecular formula is C18H26N2O7S2. The van der Waals surface area contributed by atoms with Gasteiger partial charge in [0.15, 0.2) is 0 Å². The number of ether oxygens (including phenoxy) is 2. The molecule has 0 saturated heterocycles. The quantitative estimate of drug-likeness (QED) is 0.618. The van der Waals surface area contributed by atoms with Crippen molar-refractivity contribution in [1.29, 1.82) is 0 Å². The minimum atomic E-state index is -3.76.